The molecule has 0 N–H and O–H groups in total. The Morgan fingerprint density at radius 3 is 2.47 bits per heavy atom. The van der Waals surface area contributed by atoms with E-state index in [2.05, 4.69) is 28.1 Å². The third-order valence-corrected chi connectivity index (χ3v) is 3.46. The molecule has 0 aromatic heterocycles. The molecule has 0 saturated carbocycles. The number of benzene rings is 2. The largest absolute Gasteiger partial charge is 0.462 e. The molecule has 0 saturated heterocycles. The molecule has 2 aromatic carbocycles. The average Bonchev–Trinajstić information content (AvgIpc) is 2.47. The summed E-state index contributed by atoms with van der Waals surface area (Å²) in [5, 5.41) is 0.627. The second-order valence-corrected chi connectivity index (χ2v) is 4.65. The van der Waals surface area contributed by atoms with Crippen LogP contribution in [-0.4, -0.2) is 12.6 Å². The van der Waals surface area contributed by atoms with Crippen molar-refractivity contribution in [3.8, 4) is 11.1 Å². The van der Waals surface area contributed by atoms with Gasteiger partial charge in [0.15, 0.2) is 0 Å². The second-order valence-electron chi connectivity index (χ2n) is 4.09. The molecule has 0 unspecified atom stereocenters. The van der Waals surface area contributed by atoms with Gasteiger partial charge in [-0.15, -0.1) is 0 Å². The number of alkyl halides is 1. The zero-order chi connectivity index (χ0) is 13.7. The van der Waals surface area contributed by atoms with Gasteiger partial charge in [-0.3, -0.25) is 0 Å². The first-order valence-corrected chi connectivity index (χ1v) is 7.30. The average molecular weight is 319 g/mol. The lowest BCUT2D eigenvalue weighted by Crippen LogP contribution is -2.07. The lowest BCUT2D eigenvalue weighted by molar-refractivity contribution is 0.0525. The van der Waals surface area contributed by atoms with Gasteiger partial charge >= 0.3 is 5.97 Å². The van der Waals surface area contributed by atoms with Gasteiger partial charge in [0.1, 0.15) is 0 Å². The van der Waals surface area contributed by atoms with Gasteiger partial charge in [0, 0.05) is 5.33 Å². The Balaban J connectivity index is 2.39. The van der Waals surface area contributed by atoms with E-state index < -0.39 is 0 Å². The van der Waals surface area contributed by atoms with Gasteiger partial charge in [-0.2, -0.15) is 0 Å². The standard InChI is InChI=1S/C16H15BrO2/c1-2-19-16(18)15-9-8-13(10-14(15)11-17)12-6-4-3-5-7-12/h3-10H,2,11H2,1H3. The molecule has 2 nitrogen and oxygen atoms in total. The smallest absolute Gasteiger partial charge is 0.338 e. The Morgan fingerprint density at radius 2 is 1.84 bits per heavy atom. The molecular formula is C16H15BrO2. The molecule has 3 heteroatoms. The number of halogens is 1. The van der Waals surface area contributed by atoms with Gasteiger partial charge < -0.3 is 4.74 Å². The van der Waals surface area contributed by atoms with Crippen molar-refractivity contribution < 1.29 is 9.53 Å². The predicted molar refractivity (Wildman–Crippen MR) is 80.5 cm³/mol. The van der Waals surface area contributed by atoms with Gasteiger partial charge in [-0.05, 0) is 35.7 Å². The molecule has 0 aliphatic heterocycles. The van der Waals surface area contributed by atoms with E-state index in [-0.39, 0.29) is 5.97 Å². The Kier molecular flexibility index (Phi) is 4.74. The van der Waals surface area contributed by atoms with E-state index in [0.717, 1.165) is 16.7 Å². The Hall–Kier alpha value is -1.61. The Morgan fingerprint density at radius 1 is 1.11 bits per heavy atom. The predicted octanol–water partition coefficient (Wildman–Crippen LogP) is 4.43. The molecule has 0 spiro atoms. The highest BCUT2D eigenvalue weighted by Gasteiger charge is 2.12. The summed E-state index contributed by atoms with van der Waals surface area (Å²) in [6.45, 7) is 2.20. The van der Waals surface area contributed by atoms with E-state index in [1.807, 2.05) is 43.3 Å². The Labute approximate surface area is 121 Å². The van der Waals surface area contributed by atoms with Gasteiger partial charge in [0.25, 0.3) is 0 Å². The molecule has 0 bridgehead atoms. The first-order valence-electron chi connectivity index (χ1n) is 6.17. The van der Waals surface area contributed by atoms with Crippen LogP contribution in [0.4, 0.5) is 0 Å². The fourth-order valence-corrected chi connectivity index (χ4v) is 2.39. The number of esters is 1. The lowest BCUT2D eigenvalue weighted by Gasteiger charge is -2.09. The summed E-state index contributed by atoms with van der Waals surface area (Å²) in [4.78, 5) is 11.8. The number of hydrogen-bond donors (Lipinski definition) is 0. The first-order chi connectivity index (χ1) is 9.26. The highest BCUT2D eigenvalue weighted by atomic mass is 79.9. The Bertz CT molecular complexity index is 564. The van der Waals surface area contributed by atoms with Crippen LogP contribution in [0.1, 0.15) is 22.8 Å². The summed E-state index contributed by atoms with van der Waals surface area (Å²) in [6.07, 6.45) is 0. The van der Waals surface area contributed by atoms with Crippen molar-refractivity contribution in [2.75, 3.05) is 6.61 Å². The van der Waals surface area contributed by atoms with E-state index in [1.54, 1.807) is 0 Å². The SMILES string of the molecule is CCOC(=O)c1ccc(-c2ccccc2)cc1CBr. The molecule has 0 fully saturated rings. The summed E-state index contributed by atoms with van der Waals surface area (Å²) >= 11 is 3.43. The molecule has 0 amide bonds. The third kappa shape index (κ3) is 3.24. The van der Waals surface area contributed by atoms with E-state index >= 15 is 0 Å². The number of carbonyl (C=O) groups excluding carboxylic acids is 1. The van der Waals surface area contributed by atoms with Crippen LogP contribution in [-0.2, 0) is 10.1 Å². The van der Waals surface area contributed by atoms with Crippen molar-refractivity contribution in [2.45, 2.75) is 12.3 Å². The lowest BCUT2D eigenvalue weighted by atomic mass is 10.00. The molecule has 98 valence electrons. The molecule has 19 heavy (non-hydrogen) atoms. The zero-order valence-electron chi connectivity index (χ0n) is 10.7. The highest BCUT2D eigenvalue weighted by Crippen LogP contribution is 2.24. The molecule has 0 radical (unpaired) electrons. The number of ether oxygens (including phenoxy) is 1. The topological polar surface area (TPSA) is 26.3 Å². The summed E-state index contributed by atoms with van der Waals surface area (Å²) < 4.78 is 5.06. The van der Waals surface area contributed by atoms with Gasteiger partial charge in [0.05, 0.1) is 12.2 Å². The van der Waals surface area contributed by atoms with Crippen LogP contribution in [0.25, 0.3) is 11.1 Å². The van der Waals surface area contributed by atoms with Crippen molar-refractivity contribution in [3.05, 3.63) is 59.7 Å². The van der Waals surface area contributed by atoms with E-state index in [9.17, 15) is 4.79 Å². The minimum absolute atomic E-state index is 0.267. The third-order valence-electron chi connectivity index (χ3n) is 2.85. The number of rotatable bonds is 4. The zero-order valence-corrected chi connectivity index (χ0v) is 12.3. The summed E-state index contributed by atoms with van der Waals surface area (Å²) in [5.41, 5.74) is 3.81. The minimum Gasteiger partial charge on any atom is -0.462 e. The van der Waals surface area contributed by atoms with Crippen LogP contribution in [0.3, 0.4) is 0 Å². The molecule has 2 aromatic rings. The van der Waals surface area contributed by atoms with E-state index in [0.29, 0.717) is 17.5 Å². The molecule has 0 atom stereocenters. The van der Waals surface area contributed by atoms with Crippen molar-refractivity contribution in [1.82, 2.24) is 0 Å². The maximum absolute atomic E-state index is 11.8. The van der Waals surface area contributed by atoms with Gasteiger partial charge in [-0.1, -0.05) is 52.3 Å². The van der Waals surface area contributed by atoms with E-state index in [1.165, 1.54) is 0 Å². The van der Waals surface area contributed by atoms with Crippen LogP contribution in [0.15, 0.2) is 48.5 Å². The second kappa shape index (κ2) is 6.53. The molecule has 0 heterocycles. The summed E-state index contributed by atoms with van der Waals surface area (Å²) in [7, 11) is 0. The van der Waals surface area contributed by atoms with Crippen LogP contribution in [0.2, 0.25) is 0 Å². The molecule has 0 aliphatic rings. The quantitative estimate of drug-likeness (QED) is 0.616. The minimum atomic E-state index is -0.267. The van der Waals surface area contributed by atoms with Crippen molar-refractivity contribution in [2.24, 2.45) is 0 Å². The number of hydrogen-bond acceptors (Lipinski definition) is 2. The van der Waals surface area contributed by atoms with Crippen LogP contribution in [0.5, 0.6) is 0 Å². The maximum atomic E-state index is 11.8. The highest BCUT2D eigenvalue weighted by molar-refractivity contribution is 9.08. The molecular weight excluding hydrogens is 304 g/mol. The fourth-order valence-electron chi connectivity index (χ4n) is 1.92. The van der Waals surface area contributed by atoms with Gasteiger partial charge in [0.2, 0.25) is 0 Å². The van der Waals surface area contributed by atoms with E-state index in [4.69, 9.17) is 4.74 Å². The van der Waals surface area contributed by atoms with Crippen molar-refractivity contribution in [1.29, 1.82) is 0 Å². The summed E-state index contributed by atoms with van der Waals surface area (Å²) in [6, 6.07) is 15.9. The van der Waals surface area contributed by atoms with Crippen molar-refractivity contribution in [3.63, 3.8) is 0 Å². The molecule has 2 rings (SSSR count). The van der Waals surface area contributed by atoms with Crippen molar-refractivity contribution >= 4 is 21.9 Å². The number of carbonyl (C=O) groups is 1. The first kappa shape index (κ1) is 13.8. The molecule has 0 aliphatic carbocycles. The van der Waals surface area contributed by atoms with Crippen LogP contribution < -0.4 is 0 Å². The monoisotopic (exact) mass is 318 g/mol. The summed E-state index contributed by atoms with van der Waals surface area (Å²) in [5.74, 6) is -0.267. The van der Waals surface area contributed by atoms with Gasteiger partial charge in [-0.25, -0.2) is 4.79 Å². The van der Waals surface area contributed by atoms with Crippen LogP contribution in [0, 0.1) is 0 Å². The maximum Gasteiger partial charge on any atom is 0.338 e. The normalized spacial score (nSPS) is 10.2. The fraction of sp³-hybridized carbons (Fsp3) is 0.188. The van der Waals surface area contributed by atoms with Crippen LogP contribution >= 0.6 is 15.9 Å².